The van der Waals surface area contributed by atoms with Gasteiger partial charge in [-0.05, 0) is 30.3 Å². The smallest absolute Gasteiger partial charge is 0.173 e. The second-order valence-electron chi connectivity index (χ2n) is 4.80. The van der Waals surface area contributed by atoms with Crippen LogP contribution in [0, 0.1) is 11.6 Å². The van der Waals surface area contributed by atoms with Gasteiger partial charge in [-0.15, -0.1) is 0 Å². The van der Waals surface area contributed by atoms with E-state index >= 15 is 0 Å². The van der Waals surface area contributed by atoms with Gasteiger partial charge in [-0.1, -0.05) is 12.1 Å². The largest absolute Gasteiger partial charge is 0.331 e. The first-order chi connectivity index (χ1) is 10.1. The quantitative estimate of drug-likeness (QED) is 0.693. The van der Waals surface area contributed by atoms with Gasteiger partial charge in [0.2, 0.25) is 0 Å². The minimum absolute atomic E-state index is 0.0778. The highest BCUT2D eigenvalue weighted by atomic mass is 19.1. The van der Waals surface area contributed by atoms with Crippen molar-refractivity contribution in [3.05, 3.63) is 65.5 Å². The lowest BCUT2D eigenvalue weighted by molar-refractivity contribution is 0.0985. The number of ketones is 1. The fraction of sp³-hybridized carbons (Fsp3) is 0.125. The highest BCUT2D eigenvalue weighted by Gasteiger charge is 2.17. The van der Waals surface area contributed by atoms with Gasteiger partial charge in [0.15, 0.2) is 5.78 Å². The Hall–Kier alpha value is -2.56. The lowest BCUT2D eigenvalue weighted by Crippen LogP contribution is -2.10. The Kier molecular flexibility index (Phi) is 3.25. The Labute approximate surface area is 119 Å². The maximum atomic E-state index is 13.6. The van der Waals surface area contributed by atoms with Crippen LogP contribution in [0.1, 0.15) is 16.2 Å². The predicted octanol–water partition coefficient (Wildman–Crippen LogP) is 3.28. The average molecular weight is 286 g/mol. The first-order valence-electron chi connectivity index (χ1n) is 6.45. The number of Topliss-reactive ketones (excluding diaryl/α,β-unsaturated/α-hetero) is 1. The molecule has 0 aliphatic rings. The van der Waals surface area contributed by atoms with E-state index in [0.29, 0.717) is 5.82 Å². The number of hydrogen-bond donors (Lipinski definition) is 0. The van der Waals surface area contributed by atoms with Gasteiger partial charge in [0.25, 0.3) is 0 Å². The van der Waals surface area contributed by atoms with Crippen molar-refractivity contribution >= 4 is 16.8 Å². The molecule has 0 atom stereocenters. The Bertz CT molecular complexity index is 839. The summed E-state index contributed by atoms with van der Waals surface area (Å²) < 4.78 is 28.5. The van der Waals surface area contributed by atoms with E-state index in [1.807, 2.05) is 24.3 Å². The fourth-order valence-corrected chi connectivity index (χ4v) is 2.30. The summed E-state index contributed by atoms with van der Waals surface area (Å²) in [6.07, 6.45) is -0.0778. The van der Waals surface area contributed by atoms with Crippen molar-refractivity contribution in [2.75, 3.05) is 0 Å². The number of halogens is 2. The first-order valence-corrected chi connectivity index (χ1v) is 6.45. The standard InChI is InChI=1S/C16H12F2N2O/c1-20-14-5-3-2-4-13(14)19-16(20)9-15(21)11-8-10(17)6-7-12(11)18/h2-8H,9H2,1H3. The topological polar surface area (TPSA) is 34.9 Å². The van der Waals surface area contributed by atoms with Crippen LogP contribution in [0.3, 0.4) is 0 Å². The molecule has 0 aliphatic heterocycles. The van der Waals surface area contributed by atoms with E-state index < -0.39 is 17.4 Å². The van der Waals surface area contributed by atoms with E-state index in [-0.39, 0.29) is 12.0 Å². The summed E-state index contributed by atoms with van der Waals surface area (Å²) in [5, 5.41) is 0. The van der Waals surface area contributed by atoms with Gasteiger partial charge in [-0.25, -0.2) is 13.8 Å². The van der Waals surface area contributed by atoms with Crippen LogP contribution in [-0.4, -0.2) is 15.3 Å². The van der Waals surface area contributed by atoms with Crippen LogP contribution in [-0.2, 0) is 13.5 Å². The zero-order chi connectivity index (χ0) is 15.0. The predicted molar refractivity (Wildman–Crippen MR) is 75.1 cm³/mol. The second kappa shape index (κ2) is 5.09. The lowest BCUT2D eigenvalue weighted by atomic mass is 10.1. The third kappa shape index (κ3) is 2.42. The van der Waals surface area contributed by atoms with Crippen molar-refractivity contribution < 1.29 is 13.6 Å². The van der Waals surface area contributed by atoms with Gasteiger partial charge >= 0.3 is 0 Å². The van der Waals surface area contributed by atoms with E-state index in [4.69, 9.17) is 0 Å². The molecule has 1 heterocycles. The van der Waals surface area contributed by atoms with Crippen LogP contribution in [0.4, 0.5) is 8.78 Å². The van der Waals surface area contributed by atoms with Gasteiger partial charge in [0, 0.05) is 7.05 Å². The number of benzene rings is 2. The van der Waals surface area contributed by atoms with Crippen molar-refractivity contribution in [2.24, 2.45) is 7.05 Å². The van der Waals surface area contributed by atoms with Gasteiger partial charge in [0.05, 0.1) is 23.0 Å². The molecule has 3 rings (SSSR count). The third-order valence-electron chi connectivity index (χ3n) is 3.43. The monoisotopic (exact) mass is 286 g/mol. The molecule has 1 aromatic heterocycles. The van der Waals surface area contributed by atoms with Crippen molar-refractivity contribution in [3.8, 4) is 0 Å². The van der Waals surface area contributed by atoms with Gasteiger partial charge < -0.3 is 4.57 Å². The van der Waals surface area contributed by atoms with Crippen molar-refractivity contribution in [1.29, 1.82) is 0 Å². The highest BCUT2D eigenvalue weighted by Crippen LogP contribution is 2.17. The van der Waals surface area contributed by atoms with Gasteiger partial charge in [0.1, 0.15) is 17.5 Å². The summed E-state index contributed by atoms with van der Waals surface area (Å²) in [7, 11) is 1.79. The summed E-state index contributed by atoms with van der Waals surface area (Å²) in [5.74, 6) is -1.33. The molecule has 0 radical (unpaired) electrons. The molecular formula is C16H12F2N2O. The minimum atomic E-state index is -0.722. The van der Waals surface area contributed by atoms with E-state index in [2.05, 4.69) is 4.98 Å². The third-order valence-corrected chi connectivity index (χ3v) is 3.43. The van der Waals surface area contributed by atoms with Crippen molar-refractivity contribution in [2.45, 2.75) is 6.42 Å². The zero-order valence-corrected chi connectivity index (χ0v) is 11.3. The molecule has 2 aromatic carbocycles. The van der Waals surface area contributed by atoms with Crippen LogP contribution in [0.15, 0.2) is 42.5 Å². The van der Waals surface area contributed by atoms with E-state index in [1.54, 1.807) is 11.6 Å². The number of carbonyl (C=O) groups is 1. The summed E-state index contributed by atoms with van der Waals surface area (Å²) in [4.78, 5) is 16.5. The summed E-state index contributed by atoms with van der Waals surface area (Å²) >= 11 is 0. The van der Waals surface area contributed by atoms with Crippen LogP contribution in [0.25, 0.3) is 11.0 Å². The Morgan fingerprint density at radius 2 is 1.95 bits per heavy atom. The number of imidazole rings is 1. The molecule has 0 unspecified atom stereocenters. The zero-order valence-electron chi connectivity index (χ0n) is 11.3. The summed E-state index contributed by atoms with van der Waals surface area (Å²) in [6, 6.07) is 10.3. The molecule has 0 aliphatic carbocycles. The maximum Gasteiger partial charge on any atom is 0.173 e. The molecule has 0 saturated carbocycles. The fourth-order valence-electron chi connectivity index (χ4n) is 2.30. The highest BCUT2D eigenvalue weighted by molar-refractivity contribution is 5.97. The SMILES string of the molecule is Cn1c(CC(=O)c2cc(F)ccc2F)nc2ccccc21. The molecule has 0 fully saturated rings. The number of fused-ring (bicyclic) bond motifs is 1. The maximum absolute atomic E-state index is 13.6. The average Bonchev–Trinajstić information content (AvgIpc) is 2.78. The Balaban J connectivity index is 1.96. The van der Waals surface area contributed by atoms with Gasteiger partial charge in [-0.3, -0.25) is 4.79 Å². The molecule has 106 valence electrons. The number of aromatic nitrogens is 2. The molecule has 0 spiro atoms. The summed E-state index contributed by atoms with van der Waals surface area (Å²) in [6.45, 7) is 0. The number of hydrogen-bond acceptors (Lipinski definition) is 2. The van der Waals surface area contributed by atoms with Crippen LogP contribution < -0.4 is 0 Å². The van der Waals surface area contributed by atoms with Crippen LogP contribution in [0.2, 0.25) is 0 Å². The van der Waals surface area contributed by atoms with Crippen molar-refractivity contribution in [1.82, 2.24) is 9.55 Å². The van der Waals surface area contributed by atoms with E-state index in [0.717, 1.165) is 29.2 Å². The van der Waals surface area contributed by atoms with E-state index in [9.17, 15) is 13.6 Å². The van der Waals surface area contributed by atoms with Crippen molar-refractivity contribution in [3.63, 3.8) is 0 Å². The molecular weight excluding hydrogens is 274 g/mol. The molecule has 5 heteroatoms. The lowest BCUT2D eigenvalue weighted by Gasteiger charge is -2.04. The Morgan fingerprint density at radius 3 is 2.71 bits per heavy atom. The molecule has 0 amide bonds. The van der Waals surface area contributed by atoms with Gasteiger partial charge in [-0.2, -0.15) is 0 Å². The minimum Gasteiger partial charge on any atom is -0.331 e. The second-order valence-corrected chi connectivity index (χ2v) is 4.80. The molecule has 0 bridgehead atoms. The molecule has 21 heavy (non-hydrogen) atoms. The van der Waals surface area contributed by atoms with Crippen LogP contribution in [0.5, 0.6) is 0 Å². The molecule has 0 saturated heterocycles. The molecule has 3 aromatic rings. The number of nitrogens with zero attached hydrogens (tertiary/aromatic N) is 2. The van der Waals surface area contributed by atoms with Crippen LogP contribution >= 0.6 is 0 Å². The number of aryl methyl sites for hydroxylation is 1. The molecule has 0 N–H and O–H groups in total. The number of carbonyl (C=O) groups excluding carboxylic acids is 1. The molecule has 3 nitrogen and oxygen atoms in total. The summed E-state index contributed by atoms with van der Waals surface area (Å²) in [5.41, 5.74) is 1.41. The Morgan fingerprint density at radius 1 is 1.19 bits per heavy atom. The first kappa shape index (κ1) is 13.4. The normalized spacial score (nSPS) is 11.0. The van der Waals surface area contributed by atoms with E-state index in [1.165, 1.54) is 0 Å². The number of rotatable bonds is 3. The number of para-hydroxylation sites is 2.